The SMILES string of the molecule is CC(C)NC(=O)NC1CCC[C@H]1O. The molecule has 0 saturated heterocycles. The molecule has 0 heterocycles. The summed E-state index contributed by atoms with van der Waals surface area (Å²) in [5.41, 5.74) is 0. The van der Waals surface area contributed by atoms with Gasteiger partial charge in [0.25, 0.3) is 0 Å². The average Bonchev–Trinajstić information content (AvgIpc) is 2.34. The monoisotopic (exact) mass is 186 g/mol. The highest BCUT2D eigenvalue weighted by Crippen LogP contribution is 2.18. The summed E-state index contributed by atoms with van der Waals surface area (Å²) >= 11 is 0. The fourth-order valence-corrected chi connectivity index (χ4v) is 1.58. The van der Waals surface area contributed by atoms with Gasteiger partial charge in [-0.1, -0.05) is 0 Å². The molecule has 2 atom stereocenters. The van der Waals surface area contributed by atoms with E-state index in [4.69, 9.17) is 0 Å². The molecule has 1 fully saturated rings. The zero-order valence-corrected chi connectivity index (χ0v) is 8.21. The van der Waals surface area contributed by atoms with Crippen molar-refractivity contribution in [3.63, 3.8) is 0 Å². The maximum Gasteiger partial charge on any atom is 0.315 e. The van der Waals surface area contributed by atoms with Crippen LogP contribution in [0.3, 0.4) is 0 Å². The van der Waals surface area contributed by atoms with Crippen LogP contribution in [0.15, 0.2) is 0 Å². The average molecular weight is 186 g/mol. The fourth-order valence-electron chi connectivity index (χ4n) is 1.58. The molecular formula is C9H18N2O2. The fraction of sp³-hybridized carbons (Fsp3) is 0.889. The number of carbonyl (C=O) groups is 1. The maximum absolute atomic E-state index is 11.2. The molecule has 0 radical (unpaired) electrons. The Hall–Kier alpha value is -0.770. The van der Waals surface area contributed by atoms with Gasteiger partial charge in [0.2, 0.25) is 0 Å². The summed E-state index contributed by atoms with van der Waals surface area (Å²) in [5, 5.41) is 14.9. The Morgan fingerprint density at radius 3 is 2.62 bits per heavy atom. The number of rotatable bonds is 2. The van der Waals surface area contributed by atoms with Gasteiger partial charge < -0.3 is 15.7 Å². The van der Waals surface area contributed by atoms with E-state index in [0.29, 0.717) is 0 Å². The second kappa shape index (κ2) is 4.46. The van der Waals surface area contributed by atoms with Gasteiger partial charge in [-0.2, -0.15) is 0 Å². The van der Waals surface area contributed by atoms with E-state index in [1.807, 2.05) is 13.8 Å². The summed E-state index contributed by atoms with van der Waals surface area (Å²) < 4.78 is 0. The van der Waals surface area contributed by atoms with Crippen LogP contribution in [0.5, 0.6) is 0 Å². The van der Waals surface area contributed by atoms with Gasteiger partial charge in [0.05, 0.1) is 12.1 Å². The first kappa shape index (κ1) is 10.3. The maximum atomic E-state index is 11.2. The van der Waals surface area contributed by atoms with Crippen molar-refractivity contribution >= 4 is 6.03 Å². The standard InChI is InChI=1S/C9H18N2O2/c1-6(2)10-9(13)11-7-4-3-5-8(7)12/h6-8,12H,3-5H2,1-2H3,(H2,10,11,13)/t7?,8-/m1/s1. The Bertz CT molecular complexity index is 182. The first-order valence-electron chi connectivity index (χ1n) is 4.84. The molecule has 1 unspecified atom stereocenters. The lowest BCUT2D eigenvalue weighted by molar-refractivity contribution is 0.149. The van der Waals surface area contributed by atoms with E-state index in [0.717, 1.165) is 19.3 Å². The number of aliphatic hydroxyl groups is 1. The first-order chi connectivity index (χ1) is 6.09. The second-order valence-corrected chi connectivity index (χ2v) is 3.88. The van der Waals surface area contributed by atoms with Crippen LogP contribution in [0, 0.1) is 0 Å². The predicted molar refractivity (Wildman–Crippen MR) is 50.4 cm³/mol. The molecule has 4 nitrogen and oxygen atoms in total. The highest BCUT2D eigenvalue weighted by Gasteiger charge is 2.26. The molecule has 76 valence electrons. The third kappa shape index (κ3) is 3.22. The van der Waals surface area contributed by atoms with E-state index in [9.17, 15) is 9.90 Å². The molecular weight excluding hydrogens is 168 g/mol. The summed E-state index contributed by atoms with van der Waals surface area (Å²) in [7, 11) is 0. The van der Waals surface area contributed by atoms with Crippen molar-refractivity contribution in [2.75, 3.05) is 0 Å². The zero-order chi connectivity index (χ0) is 9.84. The number of carbonyl (C=O) groups excluding carboxylic acids is 1. The van der Waals surface area contributed by atoms with E-state index in [1.54, 1.807) is 0 Å². The van der Waals surface area contributed by atoms with Crippen molar-refractivity contribution in [2.24, 2.45) is 0 Å². The molecule has 0 bridgehead atoms. The minimum absolute atomic E-state index is 0.0567. The van der Waals surface area contributed by atoms with E-state index in [-0.39, 0.29) is 24.2 Å². The smallest absolute Gasteiger partial charge is 0.315 e. The van der Waals surface area contributed by atoms with Crippen LogP contribution < -0.4 is 10.6 Å². The molecule has 1 aliphatic carbocycles. The van der Waals surface area contributed by atoms with Crippen LogP contribution in [-0.2, 0) is 0 Å². The number of nitrogens with one attached hydrogen (secondary N) is 2. The topological polar surface area (TPSA) is 61.4 Å². The van der Waals surface area contributed by atoms with Gasteiger partial charge in [-0.25, -0.2) is 4.79 Å². The third-order valence-corrected chi connectivity index (χ3v) is 2.22. The number of amides is 2. The van der Waals surface area contributed by atoms with Crippen molar-refractivity contribution in [1.82, 2.24) is 10.6 Å². The predicted octanol–water partition coefficient (Wildman–Crippen LogP) is 0.607. The molecule has 0 spiro atoms. The van der Waals surface area contributed by atoms with Crippen LogP contribution in [-0.4, -0.2) is 29.3 Å². The lowest BCUT2D eigenvalue weighted by Crippen LogP contribution is -2.47. The highest BCUT2D eigenvalue weighted by molar-refractivity contribution is 5.74. The second-order valence-electron chi connectivity index (χ2n) is 3.88. The molecule has 0 aliphatic heterocycles. The molecule has 1 saturated carbocycles. The summed E-state index contributed by atoms with van der Waals surface area (Å²) in [6, 6.07) is -0.0988. The van der Waals surface area contributed by atoms with Crippen molar-refractivity contribution in [1.29, 1.82) is 0 Å². The van der Waals surface area contributed by atoms with Crippen molar-refractivity contribution in [3.8, 4) is 0 Å². The molecule has 4 heteroatoms. The van der Waals surface area contributed by atoms with Gasteiger partial charge in [-0.3, -0.25) is 0 Å². The first-order valence-corrected chi connectivity index (χ1v) is 4.84. The summed E-state index contributed by atoms with van der Waals surface area (Å²) in [4.78, 5) is 11.2. The van der Waals surface area contributed by atoms with Crippen LogP contribution in [0.25, 0.3) is 0 Å². The number of hydrogen-bond acceptors (Lipinski definition) is 2. The summed E-state index contributed by atoms with van der Waals surface area (Å²) in [5.74, 6) is 0. The Balaban J connectivity index is 2.27. The van der Waals surface area contributed by atoms with Crippen LogP contribution in [0.4, 0.5) is 4.79 Å². The van der Waals surface area contributed by atoms with Crippen LogP contribution in [0.1, 0.15) is 33.1 Å². The van der Waals surface area contributed by atoms with Crippen molar-refractivity contribution in [3.05, 3.63) is 0 Å². The van der Waals surface area contributed by atoms with E-state index in [1.165, 1.54) is 0 Å². The van der Waals surface area contributed by atoms with Gasteiger partial charge >= 0.3 is 6.03 Å². The number of aliphatic hydroxyl groups excluding tert-OH is 1. The van der Waals surface area contributed by atoms with Gasteiger partial charge in [-0.05, 0) is 33.1 Å². The van der Waals surface area contributed by atoms with Gasteiger partial charge in [-0.15, -0.1) is 0 Å². The van der Waals surface area contributed by atoms with E-state index < -0.39 is 0 Å². The molecule has 1 rings (SSSR count). The molecule has 3 N–H and O–H groups in total. The lowest BCUT2D eigenvalue weighted by Gasteiger charge is -2.17. The summed E-state index contributed by atoms with van der Waals surface area (Å²) in [6.07, 6.45) is 2.31. The zero-order valence-electron chi connectivity index (χ0n) is 8.21. The number of hydrogen-bond donors (Lipinski definition) is 3. The van der Waals surface area contributed by atoms with E-state index >= 15 is 0 Å². The normalized spacial score (nSPS) is 27.7. The molecule has 1 aliphatic rings. The van der Waals surface area contributed by atoms with Gasteiger partial charge in [0.15, 0.2) is 0 Å². The molecule has 0 aromatic carbocycles. The van der Waals surface area contributed by atoms with Crippen molar-refractivity contribution in [2.45, 2.75) is 51.3 Å². The molecule has 0 aromatic heterocycles. The Labute approximate surface area is 78.7 Å². The van der Waals surface area contributed by atoms with E-state index in [2.05, 4.69) is 10.6 Å². The van der Waals surface area contributed by atoms with Crippen molar-refractivity contribution < 1.29 is 9.90 Å². The quantitative estimate of drug-likeness (QED) is 0.591. The molecule has 2 amide bonds. The highest BCUT2D eigenvalue weighted by atomic mass is 16.3. The Morgan fingerprint density at radius 2 is 2.15 bits per heavy atom. The van der Waals surface area contributed by atoms with Gasteiger partial charge in [0, 0.05) is 6.04 Å². The third-order valence-electron chi connectivity index (χ3n) is 2.22. The summed E-state index contributed by atoms with van der Waals surface area (Å²) in [6.45, 7) is 3.81. The van der Waals surface area contributed by atoms with Crippen LogP contribution in [0.2, 0.25) is 0 Å². The minimum Gasteiger partial charge on any atom is -0.391 e. The lowest BCUT2D eigenvalue weighted by atomic mass is 10.2. The number of urea groups is 1. The van der Waals surface area contributed by atoms with Crippen LogP contribution >= 0.6 is 0 Å². The Morgan fingerprint density at radius 1 is 1.46 bits per heavy atom. The molecule has 0 aromatic rings. The largest absolute Gasteiger partial charge is 0.391 e. The molecule has 13 heavy (non-hydrogen) atoms. The van der Waals surface area contributed by atoms with Gasteiger partial charge in [0.1, 0.15) is 0 Å². The Kier molecular flexibility index (Phi) is 3.54. The minimum atomic E-state index is -0.363.